The van der Waals surface area contributed by atoms with Gasteiger partial charge in [0.15, 0.2) is 5.78 Å². The van der Waals surface area contributed by atoms with Gasteiger partial charge in [0.05, 0.1) is 5.56 Å². The Morgan fingerprint density at radius 1 is 0.962 bits per heavy atom. The molecule has 6 heteroatoms. The molecule has 1 fully saturated rings. The van der Waals surface area contributed by atoms with E-state index in [-0.39, 0.29) is 5.56 Å². The van der Waals surface area contributed by atoms with Crippen molar-refractivity contribution in [2.45, 2.75) is 12.7 Å². The van der Waals surface area contributed by atoms with E-state index in [0.29, 0.717) is 5.56 Å². The van der Waals surface area contributed by atoms with Gasteiger partial charge in [0, 0.05) is 43.9 Å². The molecule has 0 amide bonds. The molecule has 0 aliphatic carbocycles. The number of likely N-dealkylation sites (N-methyl/N-ethyl adjacent to an activating group) is 1. The lowest BCUT2D eigenvalue weighted by Gasteiger charge is -2.32. The summed E-state index contributed by atoms with van der Waals surface area (Å²) in [5, 5.41) is 0. The molecule has 3 nitrogen and oxygen atoms in total. The third kappa shape index (κ3) is 4.51. The van der Waals surface area contributed by atoms with Crippen LogP contribution in [-0.4, -0.2) is 48.8 Å². The fourth-order valence-corrected chi connectivity index (χ4v) is 3.08. The Labute approximate surface area is 151 Å². The lowest BCUT2D eigenvalue weighted by molar-refractivity contribution is -0.137. The van der Waals surface area contributed by atoms with Crippen molar-refractivity contribution in [2.24, 2.45) is 0 Å². The standard InChI is InChI=1S/C20H21F3N2O/c1-24-8-10-25(11-9-24)14-15-4-2-5-16(12-15)19(26)17-6-3-7-18(13-17)20(21,22)23/h2-7,12-13H,8-11,14H2,1H3. The third-order valence-corrected chi connectivity index (χ3v) is 4.64. The van der Waals surface area contributed by atoms with Crippen LogP contribution in [0.3, 0.4) is 0 Å². The van der Waals surface area contributed by atoms with Crippen LogP contribution in [0.25, 0.3) is 0 Å². The summed E-state index contributed by atoms with van der Waals surface area (Å²) >= 11 is 0. The molecule has 1 heterocycles. The Hall–Kier alpha value is -2.18. The fourth-order valence-electron chi connectivity index (χ4n) is 3.08. The van der Waals surface area contributed by atoms with Gasteiger partial charge in [0.1, 0.15) is 0 Å². The second kappa shape index (κ2) is 7.60. The highest BCUT2D eigenvalue weighted by atomic mass is 19.4. The Kier molecular flexibility index (Phi) is 5.44. The number of ketones is 1. The van der Waals surface area contributed by atoms with E-state index in [2.05, 4.69) is 16.8 Å². The van der Waals surface area contributed by atoms with E-state index in [1.807, 2.05) is 6.07 Å². The highest BCUT2D eigenvalue weighted by Crippen LogP contribution is 2.30. The largest absolute Gasteiger partial charge is 0.416 e. The van der Waals surface area contributed by atoms with Crippen molar-refractivity contribution in [3.8, 4) is 0 Å². The number of rotatable bonds is 4. The van der Waals surface area contributed by atoms with Gasteiger partial charge < -0.3 is 4.90 Å². The van der Waals surface area contributed by atoms with Crippen LogP contribution >= 0.6 is 0 Å². The van der Waals surface area contributed by atoms with Gasteiger partial charge >= 0.3 is 6.18 Å². The molecule has 2 aromatic rings. The quantitative estimate of drug-likeness (QED) is 0.775. The van der Waals surface area contributed by atoms with Crippen LogP contribution in [0.15, 0.2) is 48.5 Å². The monoisotopic (exact) mass is 362 g/mol. The number of carbonyl (C=O) groups is 1. The van der Waals surface area contributed by atoms with Gasteiger partial charge in [-0.15, -0.1) is 0 Å². The molecule has 0 spiro atoms. The Balaban J connectivity index is 1.76. The number of hydrogen-bond donors (Lipinski definition) is 0. The zero-order valence-electron chi connectivity index (χ0n) is 14.6. The number of carbonyl (C=O) groups excluding carboxylic acids is 1. The van der Waals surface area contributed by atoms with Crippen molar-refractivity contribution in [3.05, 3.63) is 70.8 Å². The number of alkyl halides is 3. The zero-order chi connectivity index (χ0) is 18.7. The van der Waals surface area contributed by atoms with Crippen molar-refractivity contribution in [1.82, 2.24) is 9.80 Å². The Morgan fingerprint density at radius 2 is 1.58 bits per heavy atom. The summed E-state index contributed by atoms with van der Waals surface area (Å²) in [7, 11) is 2.09. The van der Waals surface area contributed by atoms with Gasteiger partial charge in [-0.1, -0.05) is 30.3 Å². The van der Waals surface area contributed by atoms with E-state index in [1.54, 1.807) is 18.2 Å². The average molecular weight is 362 g/mol. The minimum atomic E-state index is -4.46. The topological polar surface area (TPSA) is 23.6 Å². The number of benzene rings is 2. The van der Waals surface area contributed by atoms with Gasteiger partial charge in [-0.05, 0) is 30.8 Å². The van der Waals surface area contributed by atoms with Crippen LogP contribution in [0.5, 0.6) is 0 Å². The maximum Gasteiger partial charge on any atom is 0.416 e. The van der Waals surface area contributed by atoms with Crippen molar-refractivity contribution < 1.29 is 18.0 Å². The summed E-state index contributed by atoms with van der Waals surface area (Å²) in [5.41, 5.74) is 0.650. The molecule has 2 aromatic carbocycles. The number of nitrogens with zero attached hydrogens (tertiary/aromatic N) is 2. The summed E-state index contributed by atoms with van der Waals surface area (Å²) in [6.45, 7) is 4.66. The van der Waals surface area contributed by atoms with Crippen molar-refractivity contribution in [1.29, 1.82) is 0 Å². The minimum Gasteiger partial charge on any atom is -0.304 e. The zero-order valence-corrected chi connectivity index (χ0v) is 14.6. The van der Waals surface area contributed by atoms with Crippen molar-refractivity contribution >= 4 is 5.78 Å². The molecule has 0 unspecified atom stereocenters. The predicted octanol–water partition coefficient (Wildman–Crippen LogP) is 3.68. The van der Waals surface area contributed by atoms with Gasteiger partial charge in [-0.3, -0.25) is 9.69 Å². The maximum absolute atomic E-state index is 12.9. The molecule has 0 N–H and O–H groups in total. The highest BCUT2D eigenvalue weighted by Gasteiger charge is 2.31. The smallest absolute Gasteiger partial charge is 0.304 e. The predicted molar refractivity (Wildman–Crippen MR) is 94.1 cm³/mol. The summed E-state index contributed by atoms with van der Waals surface area (Å²) in [6.07, 6.45) is -4.46. The normalized spacial score (nSPS) is 16.6. The summed E-state index contributed by atoms with van der Waals surface area (Å²) < 4.78 is 38.6. The number of hydrogen-bond acceptors (Lipinski definition) is 3. The van der Waals surface area contributed by atoms with Crippen LogP contribution < -0.4 is 0 Å². The van der Waals surface area contributed by atoms with Gasteiger partial charge in [0.2, 0.25) is 0 Å². The summed E-state index contributed by atoms with van der Waals surface area (Å²) in [5.74, 6) is -0.392. The second-order valence-corrected chi connectivity index (χ2v) is 6.69. The molecule has 138 valence electrons. The first-order valence-corrected chi connectivity index (χ1v) is 8.55. The van der Waals surface area contributed by atoms with E-state index in [4.69, 9.17) is 0 Å². The summed E-state index contributed by atoms with van der Waals surface area (Å²) in [6, 6.07) is 11.7. The lowest BCUT2D eigenvalue weighted by Crippen LogP contribution is -2.43. The fraction of sp³-hybridized carbons (Fsp3) is 0.350. The molecule has 1 saturated heterocycles. The number of halogens is 3. The molecular formula is C20H21F3N2O. The molecule has 0 atom stereocenters. The van der Waals surface area contributed by atoms with E-state index < -0.39 is 17.5 Å². The van der Waals surface area contributed by atoms with Crippen LogP contribution in [0.2, 0.25) is 0 Å². The molecule has 26 heavy (non-hydrogen) atoms. The summed E-state index contributed by atoms with van der Waals surface area (Å²) in [4.78, 5) is 17.2. The van der Waals surface area contributed by atoms with Crippen LogP contribution in [0, 0.1) is 0 Å². The van der Waals surface area contributed by atoms with Crippen molar-refractivity contribution in [3.63, 3.8) is 0 Å². The first-order chi connectivity index (χ1) is 12.3. The molecule has 0 bridgehead atoms. The molecule has 3 rings (SSSR count). The van der Waals surface area contributed by atoms with E-state index >= 15 is 0 Å². The first-order valence-electron chi connectivity index (χ1n) is 8.55. The minimum absolute atomic E-state index is 0.0524. The Morgan fingerprint density at radius 3 is 2.23 bits per heavy atom. The molecule has 1 aliphatic rings. The van der Waals surface area contributed by atoms with Gasteiger partial charge in [0.25, 0.3) is 0 Å². The second-order valence-electron chi connectivity index (χ2n) is 6.69. The van der Waals surface area contributed by atoms with Crippen LogP contribution in [0.1, 0.15) is 27.0 Å². The van der Waals surface area contributed by atoms with Gasteiger partial charge in [-0.2, -0.15) is 13.2 Å². The molecule has 0 saturated carbocycles. The molecule has 1 aliphatic heterocycles. The highest BCUT2D eigenvalue weighted by molar-refractivity contribution is 6.09. The maximum atomic E-state index is 12.9. The van der Waals surface area contributed by atoms with Crippen LogP contribution in [-0.2, 0) is 12.7 Å². The SMILES string of the molecule is CN1CCN(Cc2cccc(C(=O)c3cccc(C(F)(F)F)c3)c2)CC1. The van der Waals surface area contributed by atoms with Gasteiger partial charge in [-0.25, -0.2) is 0 Å². The molecular weight excluding hydrogens is 341 g/mol. The van der Waals surface area contributed by atoms with Crippen LogP contribution in [0.4, 0.5) is 13.2 Å². The molecule has 0 aromatic heterocycles. The van der Waals surface area contributed by atoms with E-state index in [1.165, 1.54) is 12.1 Å². The van der Waals surface area contributed by atoms with E-state index in [0.717, 1.165) is 50.4 Å². The molecule has 0 radical (unpaired) electrons. The van der Waals surface area contributed by atoms with Crippen molar-refractivity contribution in [2.75, 3.05) is 33.2 Å². The average Bonchev–Trinajstić information content (AvgIpc) is 2.63. The lowest BCUT2D eigenvalue weighted by atomic mass is 9.99. The number of piperazine rings is 1. The third-order valence-electron chi connectivity index (χ3n) is 4.64. The first kappa shape index (κ1) is 18.6. The Bertz CT molecular complexity index is 781. The van der Waals surface area contributed by atoms with E-state index in [9.17, 15) is 18.0 Å².